The molecule has 2 aromatic rings. The van der Waals surface area contributed by atoms with E-state index in [0.29, 0.717) is 0 Å². The van der Waals surface area contributed by atoms with Crippen LogP contribution < -0.4 is 4.74 Å². The maximum atomic E-state index is 5.76. The van der Waals surface area contributed by atoms with Crippen molar-refractivity contribution in [1.29, 1.82) is 0 Å². The van der Waals surface area contributed by atoms with Crippen molar-refractivity contribution < 1.29 is 4.74 Å². The van der Waals surface area contributed by atoms with Crippen molar-refractivity contribution in [3.63, 3.8) is 0 Å². The van der Waals surface area contributed by atoms with Gasteiger partial charge >= 0.3 is 0 Å². The van der Waals surface area contributed by atoms with Crippen LogP contribution in [0.3, 0.4) is 0 Å². The molecule has 0 aliphatic heterocycles. The first-order chi connectivity index (χ1) is 8.33. The third-order valence-electron chi connectivity index (χ3n) is 3.10. The van der Waals surface area contributed by atoms with Crippen molar-refractivity contribution in [1.82, 2.24) is 9.88 Å². The molecule has 1 aromatic heterocycles. The third kappa shape index (κ3) is 3.01. The van der Waals surface area contributed by atoms with Gasteiger partial charge in [0.2, 0.25) is 0 Å². The standard InChI is InChI=1S/C14H20N2O/c1-3-16(4-2)9-10-17-13-5-6-14-12(11-13)7-8-15-14/h5-8,11,15H,3-4,9-10H2,1-2H3. The summed E-state index contributed by atoms with van der Waals surface area (Å²) in [6.07, 6.45) is 1.95. The second-order valence-electron chi connectivity index (χ2n) is 4.10. The van der Waals surface area contributed by atoms with E-state index in [1.54, 1.807) is 0 Å². The maximum absolute atomic E-state index is 5.76. The van der Waals surface area contributed by atoms with E-state index in [1.807, 2.05) is 12.3 Å². The molecule has 0 unspecified atom stereocenters. The summed E-state index contributed by atoms with van der Waals surface area (Å²) in [4.78, 5) is 5.53. The van der Waals surface area contributed by atoms with Crippen LogP contribution in [0.25, 0.3) is 10.9 Å². The van der Waals surface area contributed by atoms with E-state index >= 15 is 0 Å². The molecule has 0 amide bonds. The Balaban J connectivity index is 1.90. The molecule has 0 fully saturated rings. The number of nitrogens with one attached hydrogen (secondary N) is 1. The summed E-state index contributed by atoms with van der Waals surface area (Å²) >= 11 is 0. The van der Waals surface area contributed by atoms with Gasteiger partial charge in [-0.25, -0.2) is 0 Å². The minimum absolute atomic E-state index is 0.748. The molecule has 92 valence electrons. The van der Waals surface area contributed by atoms with Gasteiger partial charge in [-0.1, -0.05) is 13.8 Å². The van der Waals surface area contributed by atoms with Gasteiger partial charge in [0, 0.05) is 23.6 Å². The van der Waals surface area contributed by atoms with Crippen LogP contribution in [-0.2, 0) is 0 Å². The smallest absolute Gasteiger partial charge is 0.120 e. The number of nitrogens with zero attached hydrogens (tertiary/aromatic N) is 1. The lowest BCUT2D eigenvalue weighted by Gasteiger charge is -2.17. The lowest BCUT2D eigenvalue weighted by Crippen LogP contribution is -2.27. The summed E-state index contributed by atoms with van der Waals surface area (Å²) in [6.45, 7) is 8.24. The Morgan fingerprint density at radius 3 is 2.76 bits per heavy atom. The number of hydrogen-bond donors (Lipinski definition) is 1. The average molecular weight is 232 g/mol. The third-order valence-corrected chi connectivity index (χ3v) is 3.10. The summed E-state index contributed by atoms with van der Waals surface area (Å²) in [5.41, 5.74) is 1.15. The minimum atomic E-state index is 0.748. The summed E-state index contributed by atoms with van der Waals surface area (Å²) in [7, 11) is 0. The monoisotopic (exact) mass is 232 g/mol. The SMILES string of the molecule is CCN(CC)CCOc1ccc2[nH]ccc2c1. The zero-order chi connectivity index (χ0) is 12.1. The van der Waals surface area contributed by atoms with Crippen molar-refractivity contribution in [3.8, 4) is 5.75 Å². The number of fused-ring (bicyclic) bond motifs is 1. The van der Waals surface area contributed by atoms with E-state index in [0.717, 1.165) is 37.5 Å². The van der Waals surface area contributed by atoms with E-state index in [-0.39, 0.29) is 0 Å². The van der Waals surface area contributed by atoms with Gasteiger partial charge in [-0.2, -0.15) is 0 Å². The normalized spacial score (nSPS) is 11.2. The number of likely N-dealkylation sites (N-methyl/N-ethyl adjacent to an activating group) is 1. The van der Waals surface area contributed by atoms with E-state index in [4.69, 9.17) is 4.74 Å². The van der Waals surface area contributed by atoms with Crippen LogP contribution in [0, 0.1) is 0 Å². The van der Waals surface area contributed by atoms with Crippen molar-refractivity contribution in [3.05, 3.63) is 30.5 Å². The van der Waals surface area contributed by atoms with Gasteiger partial charge < -0.3 is 14.6 Å². The number of ether oxygens (including phenoxy) is 1. The van der Waals surface area contributed by atoms with Crippen LogP contribution >= 0.6 is 0 Å². The molecule has 0 saturated carbocycles. The predicted octanol–water partition coefficient (Wildman–Crippen LogP) is 2.89. The van der Waals surface area contributed by atoms with E-state index in [9.17, 15) is 0 Å². The Morgan fingerprint density at radius 2 is 2.00 bits per heavy atom. The molecule has 17 heavy (non-hydrogen) atoms. The molecule has 0 radical (unpaired) electrons. The zero-order valence-corrected chi connectivity index (χ0v) is 10.6. The molecular weight excluding hydrogens is 212 g/mol. The van der Waals surface area contributed by atoms with Gasteiger partial charge in [-0.05, 0) is 37.4 Å². The van der Waals surface area contributed by atoms with Crippen molar-refractivity contribution in [2.45, 2.75) is 13.8 Å². The van der Waals surface area contributed by atoms with Gasteiger partial charge in [0.25, 0.3) is 0 Å². The van der Waals surface area contributed by atoms with Crippen LogP contribution in [0.15, 0.2) is 30.5 Å². The van der Waals surface area contributed by atoms with Crippen LogP contribution in [-0.4, -0.2) is 36.1 Å². The van der Waals surface area contributed by atoms with Gasteiger partial charge in [-0.15, -0.1) is 0 Å². The molecule has 0 saturated heterocycles. The van der Waals surface area contributed by atoms with Gasteiger partial charge in [0.05, 0.1) is 0 Å². The number of H-pyrrole nitrogens is 1. The van der Waals surface area contributed by atoms with Crippen LogP contribution in [0.1, 0.15) is 13.8 Å². The Hall–Kier alpha value is -1.48. The summed E-state index contributed by atoms with van der Waals surface area (Å²) in [5.74, 6) is 0.948. The predicted molar refractivity (Wildman–Crippen MR) is 71.6 cm³/mol. The van der Waals surface area contributed by atoms with Gasteiger partial charge in [0.15, 0.2) is 0 Å². The zero-order valence-electron chi connectivity index (χ0n) is 10.6. The van der Waals surface area contributed by atoms with Gasteiger partial charge in [-0.3, -0.25) is 0 Å². The number of aromatic amines is 1. The Bertz CT molecular complexity index is 460. The second kappa shape index (κ2) is 5.73. The maximum Gasteiger partial charge on any atom is 0.120 e. The molecule has 0 aliphatic rings. The van der Waals surface area contributed by atoms with Gasteiger partial charge in [0.1, 0.15) is 12.4 Å². The number of hydrogen-bond acceptors (Lipinski definition) is 2. The fraction of sp³-hybridized carbons (Fsp3) is 0.429. The molecule has 0 bridgehead atoms. The van der Waals surface area contributed by atoms with Crippen molar-refractivity contribution >= 4 is 10.9 Å². The quantitative estimate of drug-likeness (QED) is 0.829. The highest BCUT2D eigenvalue weighted by atomic mass is 16.5. The summed E-state index contributed by atoms with van der Waals surface area (Å²) in [6, 6.07) is 8.21. The second-order valence-corrected chi connectivity index (χ2v) is 4.10. The number of benzene rings is 1. The lowest BCUT2D eigenvalue weighted by atomic mass is 10.2. The molecule has 1 heterocycles. The topological polar surface area (TPSA) is 28.3 Å². The highest BCUT2D eigenvalue weighted by Crippen LogP contribution is 2.19. The van der Waals surface area contributed by atoms with Crippen molar-refractivity contribution in [2.24, 2.45) is 0 Å². The molecule has 3 nitrogen and oxygen atoms in total. The van der Waals surface area contributed by atoms with E-state index in [1.165, 1.54) is 5.39 Å². The first kappa shape index (κ1) is 12.0. The van der Waals surface area contributed by atoms with Crippen LogP contribution in [0.2, 0.25) is 0 Å². The van der Waals surface area contributed by atoms with E-state index < -0.39 is 0 Å². The van der Waals surface area contributed by atoms with Crippen LogP contribution in [0.5, 0.6) is 5.75 Å². The fourth-order valence-electron chi connectivity index (χ4n) is 1.95. The molecular formula is C14H20N2O. The first-order valence-electron chi connectivity index (χ1n) is 6.25. The lowest BCUT2D eigenvalue weighted by molar-refractivity contribution is 0.223. The largest absolute Gasteiger partial charge is 0.492 e. The first-order valence-corrected chi connectivity index (χ1v) is 6.25. The van der Waals surface area contributed by atoms with Crippen molar-refractivity contribution in [2.75, 3.05) is 26.2 Å². The Morgan fingerprint density at radius 1 is 1.18 bits per heavy atom. The molecule has 1 aromatic carbocycles. The minimum Gasteiger partial charge on any atom is -0.492 e. The Kier molecular flexibility index (Phi) is 4.04. The average Bonchev–Trinajstić information content (AvgIpc) is 2.82. The fourth-order valence-corrected chi connectivity index (χ4v) is 1.95. The molecule has 3 heteroatoms. The van der Waals surface area contributed by atoms with E-state index in [2.05, 4.69) is 41.9 Å². The molecule has 1 N–H and O–H groups in total. The molecule has 0 aliphatic carbocycles. The highest BCUT2D eigenvalue weighted by molar-refractivity contribution is 5.80. The molecule has 0 atom stereocenters. The summed E-state index contributed by atoms with van der Waals surface area (Å²) < 4.78 is 5.76. The number of rotatable bonds is 6. The molecule has 0 spiro atoms. The number of aromatic nitrogens is 1. The Labute approximate surface area is 102 Å². The molecule has 2 rings (SSSR count). The highest BCUT2D eigenvalue weighted by Gasteiger charge is 2.01. The van der Waals surface area contributed by atoms with Crippen LogP contribution in [0.4, 0.5) is 0 Å². The summed E-state index contributed by atoms with van der Waals surface area (Å²) in [5, 5.41) is 1.20.